The number of para-hydroxylation sites is 1. The summed E-state index contributed by atoms with van der Waals surface area (Å²) in [5.74, 6) is 0.0741. The quantitative estimate of drug-likeness (QED) is 0.496. The van der Waals surface area contributed by atoms with Crippen molar-refractivity contribution in [3.63, 3.8) is 0 Å². The Hall–Kier alpha value is -2.74. The van der Waals surface area contributed by atoms with Gasteiger partial charge in [0.2, 0.25) is 5.91 Å². The third-order valence-electron chi connectivity index (χ3n) is 5.47. The SMILES string of the molecule is CC(C)[C@H](Br)C(=O)Nc1cc2[nH]c(=O)[nH]c2cc1N1CCN(c2ccccc2)CC1. The molecule has 8 heteroatoms. The maximum atomic E-state index is 12.7. The van der Waals surface area contributed by atoms with Crippen molar-refractivity contribution in [1.82, 2.24) is 9.97 Å². The molecule has 1 aliphatic heterocycles. The van der Waals surface area contributed by atoms with Gasteiger partial charge in [-0.15, -0.1) is 0 Å². The second-order valence-corrected chi connectivity index (χ2v) is 8.93. The van der Waals surface area contributed by atoms with Crippen LogP contribution in [0.5, 0.6) is 0 Å². The van der Waals surface area contributed by atoms with Gasteiger partial charge in [-0.25, -0.2) is 4.79 Å². The number of piperazine rings is 1. The van der Waals surface area contributed by atoms with Crippen LogP contribution >= 0.6 is 15.9 Å². The van der Waals surface area contributed by atoms with Gasteiger partial charge in [0, 0.05) is 31.9 Å². The Labute approximate surface area is 183 Å². The average molecular weight is 472 g/mol. The van der Waals surface area contributed by atoms with Crippen molar-refractivity contribution in [1.29, 1.82) is 0 Å². The summed E-state index contributed by atoms with van der Waals surface area (Å²) >= 11 is 3.48. The third kappa shape index (κ3) is 4.23. The molecule has 0 unspecified atom stereocenters. The van der Waals surface area contributed by atoms with Crippen LogP contribution in [0.3, 0.4) is 0 Å². The van der Waals surface area contributed by atoms with Crippen LogP contribution in [0.1, 0.15) is 13.8 Å². The van der Waals surface area contributed by atoms with Crippen molar-refractivity contribution in [2.45, 2.75) is 18.7 Å². The highest BCUT2D eigenvalue weighted by Crippen LogP contribution is 2.32. The van der Waals surface area contributed by atoms with Crippen LogP contribution in [0.25, 0.3) is 11.0 Å². The summed E-state index contributed by atoms with van der Waals surface area (Å²) in [4.78, 5) is 34.4. The lowest BCUT2D eigenvalue weighted by molar-refractivity contribution is -0.116. The molecule has 0 bridgehead atoms. The third-order valence-corrected chi connectivity index (χ3v) is 6.94. The number of hydrogen-bond acceptors (Lipinski definition) is 4. The molecule has 158 valence electrons. The molecule has 1 atom stereocenters. The molecular formula is C22H26BrN5O2. The molecular weight excluding hydrogens is 446 g/mol. The van der Waals surface area contributed by atoms with Crippen LogP contribution in [0.4, 0.5) is 17.1 Å². The molecule has 1 aromatic heterocycles. The van der Waals surface area contributed by atoms with E-state index in [0.29, 0.717) is 11.2 Å². The zero-order chi connectivity index (χ0) is 21.3. The predicted octanol–water partition coefficient (Wildman–Crippen LogP) is 3.54. The van der Waals surface area contributed by atoms with E-state index in [9.17, 15) is 9.59 Å². The van der Waals surface area contributed by atoms with Gasteiger partial charge in [-0.3, -0.25) is 4.79 Å². The summed E-state index contributed by atoms with van der Waals surface area (Å²) in [6.45, 7) is 7.39. The first-order valence-corrected chi connectivity index (χ1v) is 11.1. The Balaban J connectivity index is 1.60. The normalized spacial score (nSPS) is 15.6. The number of fused-ring (bicyclic) bond motifs is 1. The minimum Gasteiger partial charge on any atom is -0.368 e. The number of nitrogens with one attached hydrogen (secondary N) is 3. The molecule has 0 aliphatic carbocycles. The smallest absolute Gasteiger partial charge is 0.323 e. The predicted molar refractivity (Wildman–Crippen MR) is 126 cm³/mol. The summed E-state index contributed by atoms with van der Waals surface area (Å²) in [5, 5.41) is 3.06. The molecule has 4 rings (SSSR count). The first kappa shape index (κ1) is 20.5. The molecule has 3 N–H and O–H groups in total. The van der Waals surface area contributed by atoms with Gasteiger partial charge in [0.15, 0.2) is 0 Å². The van der Waals surface area contributed by atoms with E-state index in [1.54, 1.807) is 0 Å². The molecule has 1 aliphatic rings. The van der Waals surface area contributed by atoms with Gasteiger partial charge >= 0.3 is 5.69 Å². The molecule has 0 radical (unpaired) electrons. The van der Waals surface area contributed by atoms with Crippen LogP contribution in [-0.2, 0) is 4.79 Å². The highest BCUT2D eigenvalue weighted by Gasteiger charge is 2.24. The van der Waals surface area contributed by atoms with Crippen molar-refractivity contribution in [2.24, 2.45) is 5.92 Å². The van der Waals surface area contributed by atoms with Gasteiger partial charge in [-0.05, 0) is 30.2 Å². The molecule has 30 heavy (non-hydrogen) atoms. The van der Waals surface area contributed by atoms with Gasteiger partial charge < -0.3 is 25.1 Å². The molecule has 2 aromatic carbocycles. The summed E-state index contributed by atoms with van der Waals surface area (Å²) in [6.07, 6.45) is 0. The monoisotopic (exact) mass is 471 g/mol. The summed E-state index contributed by atoms with van der Waals surface area (Å²) < 4.78 is 0. The highest BCUT2D eigenvalue weighted by molar-refractivity contribution is 9.10. The number of rotatable bonds is 5. The Kier molecular flexibility index (Phi) is 5.85. The van der Waals surface area contributed by atoms with E-state index in [0.717, 1.165) is 37.4 Å². The fourth-order valence-electron chi connectivity index (χ4n) is 3.78. The number of aromatic nitrogens is 2. The number of benzene rings is 2. The van der Waals surface area contributed by atoms with E-state index < -0.39 is 0 Å². The van der Waals surface area contributed by atoms with Gasteiger partial charge in [-0.2, -0.15) is 0 Å². The Morgan fingerprint density at radius 2 is 1.60 bits per heavy atom. The van der Waals surface area contributed by atoms with E-state index in [4.69, 9.17) is 0 Å². The first-order valence-electron chi connectivity index (χ1n) is 10.2. The van der Waals surface area contributed by atoms with Crippen molar-refractivity contribution < 1.29 is 4.79 Å². The topological polar surface area (TPSA) is 84.2 Å². The number of amides is 1. The number of hydrogen-bond donors (Lipinski definition) is 3. The summed E-state index contributed by atoms with van der Waals surface area (Å²) in [5.41, 5.74) is 4.00. The maximum Gasteiger partial charge on any atom is 0.323 e. The van der Waals surface area contributed by atoms with Crippen molar-refractivity contribution >= 4 is 49.9 Å². The summed E-state index contributed by atoms with van der Waals surface area (Å²) in [7, 11) is 0. The fraction of sp³-hybridized carbons (Fsp3) is 0.364. The Bertz CT molecular complexity index is 1080. The Morgan fingerprint density at radius 1 is 1.00 bits per heavy atom. The van der Waals surface area contributed by atoms with Gasteiger partial charge in [-0.1, -0.05) is 48.0 Å². The lowest BCUT2D eigenvalue weighted by atomic mass is 10.1. The van der Waals surface area contributed by atoms with E-state index in [1.165, 1.54) is 5.69 Å². The first-order chi connectivity index (χ1) is 14.4. The van der Waals surface area contributed by atoms with E-state index in [1.807, 2.05) is 32.0 Å². The molecule has 0 saturated carbocycles. The zero-order valence-corrected chi connectivity index (χ0v) is 18.7. The van der Waals surface area contributed by atoms with Crippen LogP contribution in [0, 0.1) is 5.92 Å². The van der Waals surface area contributed by atoms with Gasteiger partial charge in [0.05, 0.1) is 27.2 Å². The molecule has 3 aromatic rings. The highest BCUT2D eigenvalue weighted by atomic mass is 79.9. The second kappa shape index (κ2) is 8.55. The van der Waals surface area contributed by atoms with Crippen molar-refractivity contribution in [3.8, 4) is 0 Å². The fourth-order valence-corrected chi connectivity index (χ4v) is 3.90. The average Bonchev–Trinajstić information content (AvgIpc) is 3.12. The maximum absolute atomic E-state index is 12.7. The zero-order valence-electron chi connectivity index (χ0n) is 17.1. The van der Waals surface area contributed by atoms with E-state index in [2.05, 4.69) is 65.3 Å². The minimum atomic E-state index is -0.291. The van der Waals surface area contributed by atoms with Gasteiger partial charge in [0.1, 0.15) is 0 Å². The minimum absolute atomic E-state index is 0.0913. The number of H-pyrrole nitrogens is 2. The molecule has 7 nitrogen and oxygen atoms in total. The standard InChI is InChI=1S/C22H26BrN5O2/c1-14(2)20(23)21(29)24-18-12-16-17(26-22(30)25-16)13-19(18)28-10-8-27(9-11-28)15-6-4-3-5-7-15/h3-7,12-14,20H,8-11H2,1-2H3,(H,24,29)(H2,25,26,30)/t20-/m0/s1. The Morgan fingerprint density at radius 3 is 2.23 bits per heavy atom. The van der Waals surface area contributed by atoms with Crippen LogP contribution < -0.4 is 20.8 Å². The van der Waals surface area contributed by atoms with Crippen LogP contribution in [0.15, 0.2) is 47.3 Å². The number of carbonyl (C=O) groups is 1. The molecule has 1 saturated heterocycles. The van der Waals surface area contributed by atoms with Gasteiger partial charge in [0.25, 0.3) is 0 Å². The lowest BCUT2D eigenvalue weighted by Crippen LogP contribution is -2.46. The van der Waals surface area contributed by atoms with Crippen LogP contribution in [0.2, 0.25) is 0 Å². The van der Waals surface area contributed by atoms with Crippen molar-refractivity contribution in [3.05, 3.63) is 52.9 Å². The molecule has 2 heterocycles. The number of nitrogens with zero attached hydrogens (tertiary/aromatic N) is 2. The number of alkyl halides is 1. The molecule has 0 spiro atoms. The number of aromatic amines is 2. The second-order valence-electron chi connectivity index (χ2n) is 7.94. The number of imidazole rings is 1. The molecule has 1 amide bonds. The van der Waals surface area contributed by atoms with E-state index >= 15 is 0 Å². The summed E-state index contributed by atoms with van der Waals surface area (Å²) in [6, 6.07) is 14.2. The number of carbonyl (C=O) groups excluding carboxylic acids is 1. The van der Waals surface area contributed by atoms with Crippen molar-refractivity contribution in [2.75, 3.05) is 41.3 Å². The number of halogens is 1. The largest absolute Gasteiger partial charge is 0.368 e. The van der Waals surface area contributed by atoms with Crippen LogP contribution in [-0.4, -0.2) is 46.9 Å². The van der Waals surface area contributed by atoms with E-state index in [-0.39, 0.29) is 22.3 Å². The molecule has 1 fully saturated rings. The lowest BCUT2D eigenvalue weighted by Gasteiger charge is -2.38. The number of anilines is 3.